The van der Waals surface area contributed by atoms with Crippen molar-refractivity contribution in [1.82, 2.24) is 24.9 Å². The van der Waals surface area contributed by atoms with E-state index in [1.165, 1.54) is 0 Å². The van der Waals surface area contributed by atoms with Crippen LogP contribution >= 0.6 is 0 Å². The summed E-state index contributed by atoms with van der Waals surface area (Å²) in [6, 6.07) is 6.61. The third kappa shape index (κ3) is 7.53. The summed E-state index contributed by atoms with van der Waals surface area (Å²) >= 11 is 0. The molecule has 0 fully saturated rings. The zero-order chi connectivity index (χ0) is 24.9. The highest BCUT2D eigenvalue weighted by atomic mass is 32.2. The quantitative estimate of drug-likeness (QED) is 0.461. The lowest BCUT2D eigenvalue weighted by molar-refractivity contribution is -0.192. The van der Waals surface area contributed by atoms with Crippen LogP contribution in [0.15, 0.2) is 53.7 Å². The van der Waals surface area contributed by atoms with Crippen molar-refractivity contribution < 1.29 is 44.7 Å². The summed E-state index contributed by atoms with van der Waals surface area (Å²) < 4.78 is 96.0. The maximum atomic E-state index is 12.5. The number of aromatic nitrogens is 4. The van der Waals surface area contributed by atoms with Crippen molar-refractivity contribution >= 4 is 16.0 Å². The lowest BCUT2D eigenvalue weighted by atomic mass is 10.2. The molecule has 3 rings (SSSR count). The molecule has 0 bridgehead atoms. The second-order valence-electron chi connectivity index (χ2n) is 5.99. The number of nitrogens with one attached hydrogen (secondary N) is 2. The average Bonchev–Trinajstić information content (AvgIpc) is 3.21. The van der Waals surface area contributed by atoms with E-state index in [9.17, 15) is 34.8 Å². The molecule has 0 aliphatic heterocycles. The molecule has 0 aliphatic carbocycles. The highest BCUT2D eigenvalue weighted by Gasteiger charge is 2.38. The number of carbonyl (C=O) groups is 1. The van der Waals surface area contributed by atoms with E-state index < -0.39 is 33.9 Å². The molecule has 9 nitrogen and oxygen atoms in total. The molecule has 16 heteroatoms. The number of alkyl halides is 6. The van der Waals surface area contributed by atoms with Gasteiger partial charge < -0.3 is 5.11 Å². The van der Waals surface area contributed by atoms with Crippen LogP contribution in [0.25, 0.3) is 11.4 Å². The Balaban J connectivity index is 0.000000479. The molecule has 2 heterocycles. The van der Waals surface area contributed by atoms with Gasteiger partial charge in [-0.1, -0.05) is 0 Å². The number of carboxylic acid groups (broad SMARTS) is 1. The molecule has 0 saturated heterocycles. The molecule has 33 heavy (non-hydrogen) atoms. The number of aliphatic carboxylic acids is 1. The van der Waals surface area contributed by atoms with Crippen LogP contribution in [-0.4, -0.2) is 45.8 Å². The van der Waals surface area contributed by atoms with Gasteiger partial charge in [0.05, 0.1) is 17.0 Å². The van der Waals surface area contributed by atoms with E-state index in [-0.39, 0.29) is 17.3 Å². The van der Waals surface area contributed by atoms with E-state index in [2.05, 4.69) is 24.9 Å². The van der Waals surface area contributed by atoms with Crippen LogP contribution < -0.4 is 4.72 Å². The molecule has 0 atom stereocenters. The first-order chi connectivity index (χ1) is 15.2. The van der Waals surface area contributed by atoms with Crippen LogP contribution in [0.1, 0.15) is 11.4 Å². The molecule has 2 aromatic heterocycles. The van der Waals surface area contributed by atoms with Gasteiger partial charge in [-0.25, -0.2) is 22.9 Å². The Labute approximate surface area is 181 Å². The van der Waals surface area contributed by atoms with Gasteiger partial charge in [0, 0.05) is 18.0 Å². The fourth-order valence-electron chi connectivity index (χ4n) is 2.07. The number of benzene rings is 1. The first-order valence-electron chi connectivity index (χ1n) is 8.49. The lowest BCUT2D eigenvalue weighted by Gasteiger charge is -2.08. The summed E-state index contributed by atoms with van der Waals surface area (Å²) in [5, 5.41) is 13.7. The third-order valence-electron chi connectivity index (χ3n) is 3.63. The number of pyridine rings is 1. The van der Waals surface area contributed by atoms with Gasteiger partial charge in [-0.05, 0) is 36.4 Å². The van der Waals surface area contributed by atoms with Crippen molar-refractivity contribution in [1.29, 1.82) is 0 Å². The SMILES string of the molecule is O=C(O)C(F)(F)F.O=S(=O)(NCc1nc(-c2ccncc2)n[nH]1)c1ccc(C(F)(F)F)cc1. The van der Waals surface area contributed by atoms with Crippen molar-refractivity contribution in [3.05, 3.63) is 60.2 Å². The van der Waals surface area contributed by atoms with Gasteiger partial charge in [0.25, 0.3) is 0 Å². The first-order valence-corrected chi connectivity index (χ1v) is 9.97. The Kier molecular flexibility index (Phi) is 7.76. The van der Waals surface area contributed by atoms with Crippen LogP contribution in [0.3, 0.4) is 0 Å². The van der Waals surface area contributed by atoms with E-state index in [1.54, 1.807) is 24.5 Å². The van der Waals surface area contributed by atoms with Crippen LogP contribution in [0.5, 0.6) is 0 Å². The molecule has 0 spiro atoms. The third-order valence-corrected chi connectivity index (χ3v) is 5.05. The summed E-state index contributed by atoms with van der Waals surface area (Å²) in [7, 11) is -3.99. The van der Waals surface area contributed by atoms with E-state index in [0.29, 0.717) is 23.5 Å². The smallest absolute Gasteiger partial charge is 0.475 e. The molecule has 1 aromatic carbocycles. The minimum Gasteiger partial charge on any atom is -0.475 e. The average molecular weight is 497 g/mol. The van der Waals surface area contributed by atoms with Crippen LogP contribution in [-0.2, 0) is 27.5 Å². The normalized spacial score (nSPS) is 12.1. The molecular weight excluding hydrogens is 484 g/mol. The van der Waals surface area contributed by atoms with Crippen LogP contribution in [0, 0.1) is 0 Å². The van der Waals surface area contributed by atoms with Crippen molar-refractivity contribution in [2.75, 3.05) is 0 Å². The maximum Gasteiger partial charge on any atom is 0.490 e. The molecule has 0 amide bonds. The molecule has 0 aliphatic rings. The Morgan fingerprint density at radius 2 is 1.55 bits per heavy atom. The molecule has 0 radical (unpaired) electrons. The molecule has 178 valence electrons. The van der Waals surface area contributed by atoms with Gasteiger partial charge in [-0.3, -0.25) is 10.1 Å². The number of rotatable bonds is 5. The monoisotopic (exact) mass is 497 g/mol. The number of hydrogen-bond acceptors (Lipinski definition) is 6. The molecular formula is C17H13F6N5O4S. The van der Waals surface area contributed by atoms with Gasteiger partial charge in [0.15, 0.2) is 5.82 Å². The van der Waals surface area contributed by atoms with Crippen molar-refractivity contribution in [3.63, 3.8) is 0 Å². The van der Waals surface area contributed by atoms with Gasteiger partial charge in [-0.15, -0.1) is 0 Å². The lowest BCUT2D eigenvalue weighted by Crippen LogP contribution is -2.24. The Bertz CT molecular complexity index is 1180. The summed E-state index contributed by atoms with van der Waals surface area (Å²) in [5.74, 6) is -2.13. The second kappa shape index (κ2) is 9.95. The molecule has 0 unspecified atom stereocenters. The second-order valence-corrected chi connectivity index (χ2v) is 7.76. The van der Waals surface area contributed by atoms with Gasteiger partial charge >= 0.3 is 18.3 Å². The molecule has 0 saturated carbocycles. The number of hydrogen-bond donors (Lipinski definition) is 3. The summed E-state index contributed by atoms with van der Waals surface area (Å²) in [6.45, 7) is -0.193. The maximum absolute atomic E-state index is 12.5. The number of aromatic amines is 1. The van der Waals surface area contributed by atoms with Gasteiger partial charge in [-0.2, -0.15) is 31.4 Å². The fraction of sp³-hybridized carbons (Fsp3) is 0.176. The van der Waals surface area contributed by atoms with E-state index in [1.807, 2.05) is 0 Å². The number of H-pyrrole nitrogens is 1. The predicted octanol–water partition coefficient (Wildman–Crippen LogP) is 3.00. The minimum atomic E-state index is -5.08. The van der Waals surface area contributed by atoms with Gasteiger partial charge in [0.1, 0.15) is 5.82 Å². The Hall–Kier alpha value is -3.53. The summed E-state index contributed by atoms with van der Waals surface area (Å²) in [5.41, 5.74) is -0.221. The van der Waals surface area contributed by atoms with Crippen LogP contribution in [0.4, 0.5) is 26.3 Å². The van der Waals surface area contributed by atoms with Crippen LogP contribution in [0.2, 0.25) is 0 Å². The summed E-state index contributed by atoms with van der Waals surface area (Å²) in [6.07, 6.45) is -6.48. The van der Waals surface area contributed by atoms with Crippen molar-refractivity contribution in [2.45, 2.75) is 23.8 Å². The van der Waals surface area contributed by atoms with E-state index in [0.717, 1.165) is 12.1 Å². The number of sulfonamides is 1. The number of halogens is 6. The fourth-order valence-corrected chi connectivity index (χ4v) is 3.06. The Morgan fingerprint density at radius 3 is 2.03 bits per heavy atom. The zero-order valence-corrected chi connectivity index (χ0v) is 16.8. The van der Waals surface area contributed by atoms with E-state index in [4.69, 9.17) is 9.90 Å². The number of nitrogens with zero attached hydrogens (tertiary/aromatic N) is 3. The number of carboxylic acids is 1. The topological polar surface area (TPSA) is 138 Å². The summed E-state index contributed by atoms with van der Waals surface area (Å²) in [4.78, 5) is 16.6. The van der Waals surface area contributed by atoms with Crippen molar-refractivity contribution in [2.24, 2.45) is 0 Å². The first kappa shape index (κ1) is 25.7. The predicted molar refractivity (Wildman–Crippen MR) is 98.8 cm³/mol. The Morgan fingerprint density at radius 1 is 1.00 bits per heavy atom. The highest BCUT2D eigenvalue weighted by Crippen LogP contribution is 2.29. The molecule has 3 aromatic rings. The van der Waals surface area contributed by atoms with Gasteiger partial charge in [0.2, 0.25) is 10.0 Å². The largest absolute Gasteiger partial charge is 0.490 e. The van der Waals surface area contributed by atoms with E-state index >= 15 is 0 Å². The van der Waals surface area contributed by atoms with Crippen molar-refractivity contribution in [3.8, 4) is 11.4 Å². The minimum absolute atomic E-state index is 0.193. The zero-order valence-electron chi connectivity index (χ0n) is 16.0. The molecule has 3 N–H and O–H groups in total. The highest BCUT2D eigenvalue weighted by molar-refractivity contribution is 7.89. The standard InChI is InChI=1S/C15H12F3N5O2S.C2HF3O2/c16-15(17,18)11-1-3-12(4-2-11)26(24,25)20-9-13-21-14(23-22-13)10-5-7-19-8-6-10;3-2(4,5)1(6)7/h1-8,20H,9H2,(H,21,22,23);(H,6,7).